The van der Waals surface area contributed by atoms with E-state index >= 15 is 0 Å². The van der Waals surface area contributed by atoms with Gasteiger partial charge in [-0.25, -0.2) is 0 Å². The second-order valence-electron chi connectivity index (χ2n) is 5.13. The molecule has 0 amide bonds. The minimum Gasteiger partial charge on any atom is -0.383 e. The number of nitrogens with zero attached hydrogens (tertiary/aromatic N) is 1. The average Bonchev–Trinajstić information content (AvgIpc) is 2.43. The highest BCUT2D eigenvalue weighted by Gasteiger charge is 2.16. The van der Waals surface area contributed by atoms with Crippen molar-refractivity contribution in [3.05, 3.63) is 33.9 Å². The Morgan fingerprint density at radius 1 is 1.40 bits per heavy atom. The van der Waals surface area contributed by atoms with Gasteiger partial charge in [-0.1, -0.05) is 6.07 Å². The Balaban J connectivity index is 2.57. The summed E-state index contributed by atoms with van der Waals surface area (Å²) in [6, 6.07) is 5.05. The number of ether oxygens (including phenoxy) is 2. The average molecular weight is 282 g/mol. The zero-order valence-electron chi connectivity index (χ0n) is 12.4. The number of nitro groups is 1. The lowest BCUT2D eigenvalue weighted by Crippen LogP contribution is -2.24. The largest absolute Gasteiger partial charge is 0.383 e. The van der Waals surface area contributed by atoms with E-state index in [1.165, 1.54) is 6.07 Å². The Labute approximate surface area is 119 Å². The number of benzene rings is 1. The van der Waals surface area contributed by atoms with E-state index in [4.69, 9.17) is 9.47 Å². The van der Waals surface area contributed by atoms with E-state index < -0.39 is 4.92 Å². The van der Waals surface area contributed by atoms with E-state index in [0.29, 0.717) is 18.9 Å². The molecule has 0 aliphatic heterocycles. The van der Waals surface area contributed by atoms with Crippen molar-refractivity contribution in [2.24, 2.45) is 0 Å². The van der Waals surface area contributed by atoms with E-state index in [-0.39, 0.29) is 11.3 Å². The van der Waals surface area contributed by atoms with Gasteiger partial charge in [0.15, 0.2) is 0 Å². The molecule has 0 saturated heterocycles. The van der Waals surface area contributed by atoms with Gasteiger partial charge in [0.1, 0.15) is 5.69 Å². The third-order valence-electron chi connectivity index (χ3n) is 3.20. The number of rotatable bonds is 8. The smallest absolute Gasteiger partial charge is 0.292 e. The van der Waals surface area contributed by atoms with E-state index in [9.17, 15) is 10.1 Å². The molecule has 0 heterocycles. The van der Waals surface area contributed by atoms with Crippen LogP contribution in [0.15, 0.2) is 18.2 Å². The Bertz CT molecular complexity index is 460. The number of hydrogen-bond acceptors (Lipinski definition) is 5. The number of hydrogen-bond donors (Lipinski definition) is 1. The van der Waals surface area contributed by atoms with E-state index in [0.717, 1.165) is 12.0 Å². The molecule has 6 heteroatoms. The Hall–Kier alpha value is -1.66. The predicted molar refractivity (Wildman–Crippen MR) is 78.0 cm³/mol. The van der Waals surface area contributed by atoms with Crippen molar-refractivity contribution in [3.8, 4) is 0 Å². The van der Waals surface area contributed by atoms with Gasteiger partial charge in [0.2, 0.25) is 0 Å². The fourth-order valence-corrected chi connectivity index (χ4v) is 1.64. The van der Waals surface area contributed by atoms with Crippen LogP contribution in [0.4, 0.5) is 11.4 Å². The second kappa shape index (κ2) is 7.21. The number of methoxy groups -OCH3 is 1. The van der Waals surface area contributed by atoms with Crippen molar-refractivity contribution in [2.75, 3.05) is 26.1 Å². The summed E-state index contributed by atoms with van der Waals surface area (Å²) in [4.78, 5) is 10.5. The van der Waals surface area contributed by atoms with Crippen molar-refractivity contribution in [3.63, 3.8) is 0 Å². The predicted octanol–water partition coefficient (Wildman–Crippen LogP) is 2.97. The summed E-state index contributed by atoms with van der Waals surface area (Å²) in [6.07, 6.45) is 0.764. The van der Waals surface area contributed by atoms with Crippen molar-refractivity contribution in [2.45, 2.75) is 32.5 Å². The molecule has 1 aromatic carbocycles. The summed E-state index contributed by atoms with van der Waals surface area (Å²) in [5.41, 5.74) is 1.12. The molecule has 0 atom stereocenters. The van der Waals surface area contributed by atoms with Gasteiger partial charge < -0.3 is 14.8 Å². The van der Waals surface area contributed by atoms with Gasteiger partial charge in [-0.2, -0.15) is 0 Å². The summed E-state index contributed by atoms with van der Waals surface area (Å²) in [5, 5.41) is 13.7. The van der Waals surface area contributed by atoms with Crippen LogP contribution in [0.25, 0.3) is 0 Å². The Kier molecular flexibility index (Phi) is 5.91. The number of nitro benzene ring substituents is 1. The van der Waals surface area contributed by atoms with E-state index in [2.05, 4.69) is 5.32 Å². The maximum absolute atomic E-state index is 10.9. The highest BCUT2D eigenvalue weighted by molar-refractivity contribution is 5.62. The first kappa shape index (κ1) is 16.4. The van der Waals surface area contributed by atoms with E-state index in [1.807, 2.05) is 19.9 Å². The molecule has 0 aliphatic carbocycles. The van der Waals surface area contributed by atoms with Crippen molar-refractivity contribution in [1.82, 2.24) is 0 Å². The van der Waals surface area contributed by atoms with E-state index in [1.54, 1.807) is 20.2 Å². The van der Waals surface area contributed by atoms with Crippen molar-refractivity contribution in [1.29, 1.82) is 0 Å². The van der Waals surface area contributed by atoms with Gasteiger partial charge >= 0.3 is 0 Å². The number of anilines is 1. The topological polar surface area (TPSA) is 73.6 Å². The molecule has 112 valence electrons. The van der Waals surface area contributed by atoms with Crippen LogP contribution in [0.1, 0.15) is 25.8 Å². The lowest BCUT2D eigenvalue weighted by atomic mass is 10.1. The first-order chi connectivity index (χ1) is 9.39. The summed E-state index contributed by atoms with van der Waals surface area (Å²) in [5.74, 6) is 0. The molecular formula is C14H22N2O4. The molecule has 1 N–H and O–H groups in total. The molecule has 20 heavy (non-hydrogen) atoms. The maximum Gasteiger partial charge on any atom is 0.292 e. The minimum atomic E-state index is -0.399. The van der Waals surface area contributed by atoms with Crippen LogP contribution < -0.4 is 5.32 Å². The molecule has 0 saturated carbocycles. The second-order valence-corrected chi connectivity index (χ2v) is 5.13. The molecule has 0 aromatic heterocycles. The van der Waals surface area contributed by atoms with Crippen LogP contribution in [0, 0.1) is 10.1 Å². The number of nitrogens with one attached hydrogen (secondary N) is 1. The highest BCUT2D eigenvalue weighted by atomic mass is 16.6. The Morgan fingerprint density at radius 2 is 2.10 bits per heavy atom. The molecule has 0 fully saturated rings. The zero-order chi connectivity index (χ0) is 15.2. The van der Waals surface area contributed by atoms with Crippen molar-refractivity contribution >= 4 is 11.4 Å². The monoisotopic (exact) mass is 282 g/mol. The molecule has 6 nitrogen and oxygen atoms in total. The maximum atomic E-state index is 10.9. The molecule has 1 aromatic rings. The molecule has 0 bridgehead atoms. The van der Waals surface area contributed by atoms with Gasteiger partial charge in [-0.15, -0.1) is 0 Å². The first-order valence-corrected chi connectivity index (χ1v) is 6.47. The molecule has 1 rings (SSSR count). The van der Waals surface area contributed by atoms with Gasteiger partial charge in [0.05, 0.1) is 17.1 Å². The molecule has 0 unspecified atom stereocenters. The lowest BCUT2D eigenvalue weighted by molar-refractivity contribution is -0.384. The minimum absolute atomic E-state index is 0.0609. The molecular weight excluding hydrogens is 260 g/mol. The van der Waals surface area contributed by atoms with Crippen LogP contribution in [0.3, 0.4) is 0 Å². The highest BCUT2D eigenvalue weighted by Crippen LogP contribution is 2.25. The molecule has 0 spiro atoms. The standard InChI is InChI=1S/C14H22N2O4/c1-14(2,19-4)7-8-20-10-11-5-6-12(15-3)13(9-11)16(17)18/h5-6,9,15H,7-8,10H2,1-4H3. The van der Waals surface area contributed by atoms with Gasteiger partial charge in [-0.05, 0) is 31.9 Å². The SMILES string of the molecule is CNc1ccc(COCCC(C)(C)OC)cc1[N+](=O)[O-]. The summed E-state index contributed by atoms with van der Waals surface area (Å²) < 4.78 is 10.8. The summed E-state index contributed by atoms with van der Waals surface area (Å²) in [6.45, 7) is 4.87. The van der Waals surface area contributed by atoms with Crippen LogP contribution in [-0.2, 0) is 16.1 Å². The third-order valence-corrected chi connectivity index (χ3v) is 3.20. The van der Waals surface area contributed by atoms with Crippen LogP contribution >= 0.6 is 0 Å². The first-order valence-electron chi connectivity index (χ1n) is 6.47. The molecule has 0 aliphatic rings. The van der Waals surface area contributed by atoms with Gasteiger partial charge in [0, 0.05) is 26.8 Å². The van der Waals surface area contributed by atoms with Gasteiger partial charge in [0.25, 0.3) is 5.69 Å². The summed E-state index contributed by atoms with van der Waals surface area (Å²) >= 11 is 0. The third kappa shape index (κ3) is 4.79. The molecule has 0 radical (unpaired) electrons. The van der Waals surface area contributed by atoms with Crippen molar-refractivity contribution < 1.29 is 14.4 Å². The zero-order valence-corrected chi connectivity index (χ0v) is 12.4. The van der Waals surface area contributed by atoms with Gasteiger partial charge in [-0.3, -0.25) is 10.1 Å². The van der Waals surface area contributed by atoms with Crippen LogP contribution in [-0.4, -0.2) is 31.3 Å². The Morgan fingerprint density at radius 3 is 2.65 bits per heavy atom. The fourth-order valence-electron chi connectivity index (χ4n) is 1.64. The van der Waals surface area contributed by atoms with Crippen LogP contribution in [0.5, 0.6) is 0 Å². The summed E-state index contributed by atoms with van der Waals surface area (Å²) in [7, 11) is 3.32. The lowest BCUT2D eigenvalue weighted by Gasteiger charge is -2.22. The van der Waals surface area contributed by atoms with Crippen LogP contribution in [0.2, 0.25) is 0 Å². The normalized spacial score (nSPS) is 11.4. The quantitative estimate of drug-likeness (QED) is 0.451. The fraction of sp³-hybridized carbons (Fsp3) is 0.571.